The van der Waals surface area contributed by atoms with Gasteiger partial charge < -0.3 is 4.98 Å². The smallest absolute Gasteiger partial charge is 0.333 e. The van der Waals surface area contributed by atoms with Gasteiger partial charge in [-0.2, -0.15) is 13.2 Å². The molecule has 9 heteroatoms. The largest absolute Gasteiger partial charge is 0.449 e. The van der Waals surface area contributed by atoms with Gasteiger partial charge in [0.1, 0.15) is 0 Å². The van der Waals surface area contributed by atoms with E-state index in [1.54, 1.807) is 6.07 Å². The summed E-state index contributed by atoms with van der Waals surface area (Å²) in [5.41, 5.74) is 1.73. The van der Waals surface area contributed by atoms with Crippen LogP contribution in [0.25, 0.3) is 21.8 Å². The summed E-state index contributed by atoms with van der Waals surface area (Å²) in [6, 6.07) is 7.40. The summed E-state index contributed by atoms with van der Waals surface area (Å²) in [5, 5.41) is 1.83. The zero-order valence-corrected chi connectivity index (χ0v) is 14.8. The molecule has 0 fully saturated rings. The van der Waals surface area contributed by atoms with E-state index in [2.05, 4.69) is 9.97 Å². The Bertz CT molecular complexity index is 1020. The number of nitrogens with zero attached hydrogens (tertiary/aromatic N) is 1. The van der Waals surface area contributed by atoms with Gasteiger partial charge in [-0.25, -0.2) is 13.4 Å². The monoisotopic (exact) mass is 386 g/mol. The number of aromatic amines is 1. The summed E-state index contributed by atoms with van der Waals surface area (Å²) in [6.45, 7) is 1.85. The van der Waals surface area contributed by atoms with Crippen molar-refractivity contribution < 1.29 is 21.6 Å². The van der Waals surface area contributed by atoms with Crippen molar-refractivity contribution >= 4 is 21.2 Å². The molecular formula is C16H13F3N2O2S2. The lowest BCUT2D eigenvalue weighted by Crippen LogP contribution is -2.07. The highest BCUT2D eigenvalue weighted by molar-refractivity contribution is 7.90. The van der Waals surface area contributed by atoms with Crippen LogP contribution >= 0.6 is 11.3 Å². The van der Waals surface area contributed by atoms with Crippen LogP contribution < -0.4 is 0 Å². The molecule has 0 aliphatic carbocycles. The highest BCUT2D eigenvalue weighted by Crippen LogP contribution is 2.38. The lowest BCUT2D eigenvalue weighted by atomic mass is 10.1. The summed E-state index contributed by atoms with van der Waals surface area (Å²) in [7, 11) is -3.38. The molecule has 0 aliphatic heterocycles. The third-order valence-electron chi connectivity index (χ3n) is 3.51. The van der Waals surface area contributed by atoms with Crippen molar-refractivity contribution in [1.82, 2.24) is 9.97 Å². The highest BCUT2D eigenvalue weighted by Gasteiger charge is 2.36. The summed E-state index contributed by atoms with van der Waals surface area (Å²) in [5.74, 6) is -1.09. The first-order valence-electron chi connectivity index (χ1n) is 7.09. The molecule has 0 unspecified atom stereocenters. The first kappa shape index (κ1) is 17.7. The Balaban J connectivity index is 2.16. The predicted octanol–water partition coefficient (Wildman–Crippen LogP) is 4.54. The molecule has 2 aromatic heterocycles. The van der Waals surface area contributed by atoms with Crippen molar-refractivity contribution in [2.45, 2.75) is 18.0 Å². The van der Waals surface area contributed by atoms with Crippen LogP contribution in [0.3, 0.4) is 0 Å². The molecule has 0 bridgehead atoms. The maximum absolute atomic E-state index is 13.1. The van der Waals surface area contributed by atoms with E-state index in [-0.39, 0.29) is 16.3 Å². The number of aryl methyl sites for hydroxylation is 1. The Hall–Kier alpha value is -2.13. The predicted molar refractivity (Wildman–Crippen MR) is 90.2 cm³/mol. The molecule has 0 atom stereocenters. The van der Waals surface area contributed by atoms with Crippen molar-refractivity contribution in [3.05, 3.63) is 47.1 Å². The number of hydrogen-bond acceptors (Lipinski definition) is 4. The van der Waals surface area contributed by atoms with Gasteiger partial charge in [0.05, 0.1) is 21.2 Å². The van der Waals surface area contributed by atoms with Gasteiger partial charge in [-0.3, -0.25) is 0 Å². The molecular weight excluding hydrogens is 373 g/mol. The van der Waals surface area contributed by atoms with Crippen LogP contribution in [0.4, 0.5) is 13.2 Å². The standard InChI is InChI=1S/C16H13F3N2O2S2/c1-9-7-12(24-8-9)14-13(20-15(21-14)16(17,18)19)10-3-5-11(6-4-10)25(2,22)23/h3-8H,1-2H3,(H,20,21). The molecule has 4 nitrogen and oxygen atoms in total. The van der Waals surface area contributed by atoms with Crippen LogP contribution in [0.15, 0.2) is 40.6 Å². The van der Waals surface area contributed by atoms with Crippen molar-refractivity contribution in [2.75, 3.05) is 6.26 Å². The maximum Gasteiger partial charge on any atom is 0.449 e. The number of sulfone groups is 1. The van der Waals surface area contributed by atoms with Gasteiger partial charge in [0.15, 0.2) is 9.84 Å². The second-order valence-corrected chi connectivity index (χ2v) is 8.52. The minimum atomic E-state index is -4.61. The fourth-order valence-electron chi connectivity index (χ4n) is 2.32. The SMILES string of the molecule is Cc1csc(-c2[nH]c(C(F)(F)F)nc2-c2ccc(S(C)(=O)=O)cc2)c1. The summed E-state index contributed by atoms with van der Waals surface area (Å²) in [6.07, 6.45) is -3.54. The number of halogens is 3. The van der Waals surface area contributed by atoms with Gasteiger partial charge in [0.25, 0.3) is 0 Å². The Morgan fingerprint density at radius 3 is 2.28 bits per heavy atom. The number of aromatic nitrogens is 2. The molecule has 0 spiro atoms. The van der Waals surface area contributed by atoms with E-state index < -0.39 is 21.8 Å². The number of alkyl halides is 3. The van der Waals surface area contributed by atoms with Gasteiger partial charge in [-0.15, -0.1) is 11.3 Å². The fourth-order valence-corrected chi connectivity index (χ4v) is 3.85. The number of imidazole rings is 1. The zero-order chi connectivity index (χ0) is 18.4. The van der Waals surface area contributed by atoms with Crippen molar-refractivity contribution in [3.63, 3.8) is 0 Å². The van der Waals surface area contributed by atoms with E-state index in [1.807, 2.05) is 12.3 Å². The minimum absolute atomic E-state index is 0.0938. The van der Waals surface area contributed by atoms with Crippen LogP contribution in [0.1, 0.15) is 11.4 Å². The average molecular weight is 386 g/mol. The third-order valence-corrected chi connectivity index (χ3v) is 5.70. The van der Waals surface area contributed by atoms with Crippen molar-refractivity contribution in [3.8, 4) is 21.8 Å². The summed E-state index contributed by atoms with van der Waals surface area (Å²) < 4.78 is 62.3. The van der Waals surface area contributed by atoms with Crippen LogP contribution in [0, 0.1) is 6.92 Å². The molecule has 1 aromatic carbocycles. The minimum Gasteiger partial charge on any atom is -0.333 e. The Kier molecular flexibility index (Phi) is 4.24. The fraction of sp³-hybridized carbons (Fsp3) is 0.188. The van der Waals surface area contributed by atoms with Gasteiger partial charge in [0, 0.05) is 11.8 Å². The normalized spacial score (nSPS) is 12.5. The van der Waals surface area contributed by atoms with Crippen LogP contribution in [-0.4, -0.2) is 24.6 Å². The van der Waals surface area contributed by atoms with E-state index in [1.165, 1.54) is 35.6 Å². The lowest BCUT2D eigenvalue weighted by molar-refractivity contribution is -0.144. The highest BCUT2D eigenvalue weighted by atomic mass is 32.2. The van der Waals surface area contributed by atoms with Gasteiger partial charge in [-0.05, 0) is 36.1 Å². The summed E-state index contributed by atoms with van der Waals surface area (Å²) in [4.78, 5) is 6.78. The van der Waals surface area contributed by atoms with E-state index in [0.29, 0.717) is 10.4 Å². The van der Waals surface area contributed by atoms with Crippen LogP contribution in [-0.2, 0) is 16.0 Å². The Labute approximate surface area is 146 Å². The number of thiophene rings is 1. The molecule has 0 amide bonds. The number of hydrogen-bond donors (Lipinski definition) is 1. The average Bonchev–Trinajstić information content (AvgIpc) is 3.12. The van der Waals surface area contributed by atoms with E-state index in [9.17, 15) is 21.6 Å². The van der Waals surface area contributed by atoms with E-state index in [4.69, 9.17) is 0 Å². The molecule has 25 heavy (non-hydrogen) atoms. The van der Waals surface area contributed by atoms with E-state index in [0.717, 1.165) is 11.8 Å². The molecule has 0 saturated heterocycles. The van der Waals surface area contributed by atoms with Crippen LogP contribution in [0.2, 0.25) is 0 Å². The first-order chi connectivity index (χ1) is 11.6. The van der Waals surface area contributed by atoms with E-state index >= 15 is 0 Å². The number of rotatable bonds is 3. The summed E-state index contributed by atoms with van der Waals surface area (Å²) >= 11 is 1.31. The second kappa shape index (κ2) is 5.99. The molecule has 2 heterocycles. The quantitative estimate of drug-likeness (QED) is 0.719. The maximum atomic E-state index is 13.1. The zero-order valence-electron chi connectivity index (χ0n) is 13.2. The molecule has 132 valence electrons. The second-order valence-electron chi connectivity index (χ2n) is 5.59. The number of benzene rings is 1. The van der Waals surface area contributed by atoms with Crippen molar-refractivity contribution in [2.24, 2.45) is 0 Å². The van der Waals surface area contributed by atoms with Gasteiger partial charge in [0.2, 0.25) is 5.82 Å². The number of H-pyrrole nitrogens is 1. The van der Waals surface area contributed by atoms with Crippen LogP contribution in [0.5, 0.6) is 0 Å². The third kappa shape index (κ3) is 3.62. The first-order valence-corrected chi connectivity index (χ1v) is 9.86. The Morgan fingerprint density at radius 2 is 1.80 bits per heavy atom. The molecule has 0 radical (unpaired) electrons. The lowest BCUT2D eigenvalue weighted by Gasteiger charge is -2.03. The molecule has 0 saturated carbocycles. The van der Waals surface area contributed by atoms with Gasteiger partial charge >= 0.3 is 6.18 Å². The van der Waals surface area contributed by atoms with Gasteiger partial charge in [-0.1, -0.05) is 12.1 Å². The number of nitrogens with one attached hydrogen (secondary N) is 1. The molecule has 3 rings (SSSR count). The Morgan fingerprint density at radius 1 is 1.16 bits per heavy atom. The molecule has 3 aromatic rings. The van der Waals surface area contributed by atoms with Crippen molar-refractivity contribution in [1.29, 1.82) is 0 Å². The topological polar surface area (TPSA) is 62.8 Å². The molecule has 0 aliphatic rings. The molecule has 1 N–H and O–H groups in total.